The van der Waals surface area contributed by atoms with E-state index in [4.69, 9.17) is 0 Å². The van der Waals surface area contributed by atoms with Gasteiger partial charge in [0.1, 0.15) is 0 Å². The number of alkyl halides is 1. The van der Waals surface area contributed by atoms with Crippen molar-refractivity contribution in [2.24, 2.45) is 17.3 Å². The molecule has 0 nitrogen and oxygen atoms in total. The van der Waals surface area contributed by atoms with Crippen molar-refractivity contribution < 1.29 is 0 Å². The Labute approximate surface area is 91.6 Å². The van der Waals surface area contributed by atoms with Crippen molar-refractivity contribution in [3.63, 3.8) is 0 Å². The summed E-state index contributed by atoms with van der Waals surface area (Å²) in [4.78, 5) is 0. The molecule has 0 radical (unpaired) electrons. The minimum Gasteiger partial charge on any atom is -0.0928 e. The average molecular weight is 247 g/mol. The Morgan fingerprint density at radius 3 is 2.38 bits per heavy atom. The zero-order valence-electron chi connectivity index (χ0n) is 9.28. The van der Waals surface area contributed by atoms with Crippen LogP contribution in [0.5, 0.6) is 0 Å². The third-order valence-corrected chi connectivity index (χ3v) is 4.77. The van der Waals surface area contributed by atoms with Crippen LogP contribution in [0.3, 0.4) is 0 Å². The summed E-state index contributed by atoms with van der Waals surface area (Å²) in [5.74, 6) is 1.92. The van der Waals surface area contributed by atoms with Gasteiger partial charge >= 0.3 is 0 Å². The van der Waals surface area contributed by atoms with E-state index in [1.54, 1.807) is 0 Å². The fourth-order valence-electron chi connectivity index (χ4n) is 2.60. The van der Waals surface area contributed by atoms with Gasteiger partial charge in [-0.2, -0.15) is 0 Å². The van der Waals surface area contributed by atoms with Crippen LogP contribution in [0, 0.1) is 17.3 Å². The van der Waals surface area contributed by atoms with Crippen LogP contribution in [-0.2, 0) is 0 Å². The summed E-state index contributed by atoms with van der Waals surface area (Å²) in [7, 11) is 0. The third-order valence-electron chi connectivity index (χ3n) is 4.21. The monoisotopic (exact) mass is 246 g/mol. The summed E-state index contributed by atoms with van der Waals surface area (Å²) in [6.07, 6.45) is 7.12. The van der Waals surface area contributed by atoms with Crippen molar-refractivity contribution in [2.75, 3.05) is 5.33 Å². The summed E-state index contributed by atoms with van der Waals surface area (Å²) in [6.45, 7) is 7.34. The van der Waals surface area contributed by atoms with E-state index in [0.29, 0.717) is 5.41 Å². The van der Waals surface area contributed by atoms with E-state index in [2.05, 4.69) is 36.7 Å². The highest BCUT2D eigenvalue weighted by atomic mass is 79.9. The molecule has 0 aliphatic heterocycles. The summed E-state index contributed by atoms with van der Waals surface area (Å²) in [5, 5.41) is 1.18. The largest absolute Gasteiger partial charge is 0.0928 e. The first kappa shape index (κ1) is 11.6. The molecule has 0 aromatic heterocycles. The standard InChI is InChI=1S/C12H23Br/c1-10-7-8-11(12(10,2)3)6-4-5-9-13/h10-11H,4-9H2,1-3H3/t10?,11-/m0/s1. The smallest absolute Gasteiger partial charge is 0.00313 e. The highest BCUT2D eigenvalue weighted by molar-refractivity contribution is 9.09. The Kier molecular flexibility index (Phi) is 4.28. The Morgan fingerprint density at radius 2 is 1.92 bits per heavy atom. The van der Waals surface area contributed by atoms with Crippen molar-refractivity contribution in [1.29, 1.82) is 0 Å². The van der Waals surface area contributed by atoms with Gasteiger partial charge in [0, 0.05) is 5.33 Å². The van der Waals surface area contributed by atoms with Crippen LogP contribution in [0.1, 0.15) is 52.9 Å². The van der Waals surface area contributed by atoms with Gasteiger partial charge < -0.3 is 0 Å². The van der Waals surface area contributed by atoms with Crippen molar-refractivity contribution in [3.05, 3.63) is 0 Å². The maximum absolute atomic E-state index is 3.50. The molecular weight excluding hydrogens is 224 g/mol. The van der Waals surface area contributed by atoms with Crippen molar-refractivity contribution in [2.45, 2.75) is 52.9 Å². The van der Waals surface area contributed by atoms with Crippen LogP contribution < -0.4 is 0 Å². The molecule has 0 saturated heterocycles. The van der Waals surface area contributed by atoms with Crippen LogP contribution in [0.15, 0.2) is 0 Å². The highest BCUT2D eigenvalue weighted by Crippen LogP contribution is 2.49. The highest BCUT2D eigenvalue weighted by Gasteiger charge is 2.39. The van der Waals surface area contributed by atoms with Gasteiger partial charge in [-0.05, 0) is 42.9 Å². The van der Waals surface area contributed by atoms with Gasteiger partial charge in [-0.25, -0.2) is 0 Å². The molecule has 1 fully saturated rings. The fourth-order valence-corrected chi connectivity index (χ4v) is 3.00. The first-order valence-corrected chi connectivity index (χ1v) is 6.77. The predicted molar refractivity (Wildman–Crippen MR) is 63.3 cm³/mol. The molecule has 1 unspecified atom stereocenters. The molecule has 78 valence electrons. The molecule has 1 aliphatic rings. The van der Waals surface area contributed by atoms with E-state index >= 15 is 0 Å². The molecule has 0 heterocycles. The molecule has 13 heavy (non-hydrogen) atoms. The predicted octanol–water partition coefficient (Wildman–Crippen LogP) is 4.62. The number of unbranched alkanes of at least 4 members (excludes halogenated alkanes) is 1. The summed E-state index contributed by atoms with van der Waals surface area (Å²) in [6, 6.07) is 0. The van der Waals surface area contributed by atoms with Gasteiger partial charge in [-0.3, -0.25) is 0 Å². The molecule has 1 saturated carbocycles. The van der Waals surface area contributed by atoms with E-state index in [1.807, 2.05) is 0 Å². The van der Waals surface area contributed by atoms with Crippen molar-refractivity contribution >= 4 is 15.9 Å². The molecule has 0 aromatic carbocycles. The number of hydrogen-bond acceptors (Lipinski definition) is 0. The second-order valence-electron chi connectivity index (χ2n) is 5.18. The van der Waals surface area contributed by atoms with E-state index in [9.17, 15) is 0 Å². The molecule has 0 aromatic rings. The molecule has 0 amide bonds. The van der Waals surface area contributed by atoms with Gasteiger partial charge in [0.05, 0.1) is 0 Å². The van der Waals surface area contributed by atoms with Crippen LogP contribution in [0.25, 0.3) is 0 Å². The van der Waals surface area contributed by atoms with E-state index < -0.39 is 0 Å². The Bertz CT molecular complexity index is 151. The van der Waals surface area contributed by atoms with Crippen molar-refractivity contribution in [3.8, 4) is 0 Å². The second-order valence-corrected chi connectivity index (χ2v) is 5.97. The summed E-state index contributed by atoms with van der Waals surface area (Å²) in [5.41, 5.74) is 0.603. The lowest BCUT2D eigenvalue weighted by Gasteiger charge is -2.31. The minimum absolute atomic E-state index is 0.603. The molecule has 0 spiro atoms. The first-order valence-electron chi connectivity index (χ1n) is 5.65. The quantitative estimate of drug-likeness (QED) is 0.502. The maximum atomic E-state index is 3.50. The maximum Gasteiger partial charge on any atom is 0.00313 e. The lowest BCUT2D eigenvalue weighted by Crippen LogP contribution is -2.23. The van der Waals surface area contributed by atoms with Crippen molar-refractivity contribution in [1.82, 2.24) is 0 Å². The Hall–Kier alpha value is 0.480. The Balaban J connectivity index is 2.34. The van der Waals surface area contributed by atoms with Gasteiger partial charge in [0.2, 0.25) is 0 Å². The van der Waals surface area contributed by atoms with E-state index in [1.165, 1.54) is 37.4 Å². The van der Waals surface area contributed by atoms with Gasteiger partial charge in [-0.1, -0.05) is 43.1 Å². The van der Waals surface area contributed by atoms with Gasteiger partial charge in [-0.15, -0.1) is 0 Å². The van der Waals surface area contributed by atoms with E-state index in [-0.39, 0.29) is 0 Å². The van der Waals surface area contributed by atoms with Crippen LogP contribution in [-0.4, -0.2) is 5.33 Å². The second kappa shape index (κ2) is 4.82. The SMILES string of the molecule is CC1CC[C@H](CCCCBr)C1(C)C. The number of halogens is 1. The molecule has 0 N–H and O–H groups in total. The molecule has 0 bridgehead atoms. The Morgan fingerprint density at radius 1 is 1.23 bits per heavy atom. The van der Waals surface area contributed by atoms with E-state index in [0.717, 1.165) is 11.8 Å². The van der Waals surface area contributed by atoms with Crippen LogP contribution in [0.2, 0.25) is 0 Å². The van der Waals surface area contributed by atoms with Crippen LogP contribution in [0.4, 0.5) is 0 Å². The van der Waals surface area contributed by atoms with Gasteiger partial charge in [0.15, 0.2) is 0 Å². The molecule has 1 heteroatoms. The number of hydrogen-bond donors (Lipinski definition) is 0. The first-order chi connectivity index (χ1) is 6.09. The van der Waals surface area contributed by atoms with Crippen LogP contribution >= 0.6 is 15.9 Å². The summed E-state index contributed by atoms with van der Waals surface area (Å²) >= 11 is 3.50. The molecule has 1 rings (SSSR count). The molecule has 1 aliphatic carbocycles. The lowest BCUT2D eigenvalue weighted by molar-refractivity contribution is 0.186. The normalized spacial score (nSPS) is 32.3. The average Bonchev–Trinajstić information content (AvgIpc) is 2.32. The minimum atomic E-state index is 0.603. The summed E-state index contributed by atoms with van der Waals surface area (Å²) < 4.78 is 0. The topological polar surface area (TPSA) is 0 Å². The molecular formula is C12H23Br. The zero-order valence-corrected chi connectivity index (χ0v) is 10.9. The zero-order chi connectivity index (χ0) is 9.90. The molecule has 2 atom stereocenters. The lowest BCUT2D eigenvalue weighted by atomic mass is 9.74. The third kappa shape index (κ3) is 2.71. The fraction of sp³-hybridized carbons (Fsp3) is 1.00. The number of rotatable bonds is 4. The van der Waals surface area contributed by atoms with Gasteiger partial charge in [0.25, 0.3) is 0 Å².